The van der Waals surface area contributed by atoms with Gasteiger partial charge in [-0.3, -0.25) is 0 Å². The Morgan fingerprint density at radius 1 is 1.25 bits per heavy atom. The molecule has 0 N–H and O–H groups in total. The first-order valence-electron chi connectivity index (χ1n) is 8.25. The van der Waals surface area contributed by atoms with E-state index >= 15 is 0 Å². The van der Waals surface area contributed by atoms with Crippen molar-refractivity contribution in [1.82, 2.24) is 9.55 Å². The number of hydrogen-bond acceptors (Lipinski definition) is 2. The Balaban J connectivity index is 1.97. The van der Waals surface area contributed by atoms with Crippen molar-refractivity contribution in [3.05, 3.63) is 60.2 Å². The molecule has 0 aliphatic heterocycles. The van der Waals surface area contributed by atoms with Gasteiger partial charge in [-0.1, -0.05) is 62.7 Å². The molecule has 0 aliphatic carbocycles. The van der Waals surface area contributed by atoms with E-state index in [1.54, 1.807) is 0 Å². The zero-order chi connectivity index (χ0) is 17.8. The summed E-state index contributed by atoms with van der Waals surface area (Å²) < 4.78 is 8.17. The molecule has 5 heteroatoms. The number of aromatic nitrogens is 2. The van der Waals surface area contributed by atoms with E-state index in [1.165, 1.54) is 5.56 Å². The maximum atomic E-state index is 6.39. The van der Waals surface area contributed by atoms with E-state index in [0.717, 1.165) is 12.2 Å². The second kappa shape index (κ2) is 7.68. The lowest BCUT2D eigenvalue weighted by Gasteiger charge is -2.35. The highest BCUT2D eigenvalue weighted by atomic mass is 35.5. The van der Waals surface area contributed by atoms with Crippen LogP contribution in [0.3, 0.4) is 0 Å². The Kier molecular flexibility index (Phi) is 6.07. The molecule has 0 radical (unpaired) electrons. The van der Waals surface area contributed by atoms with Gasteiger partial charge in [0.15, 0.2) is 8.32 Å². The van der Waals surface area contributed by atoms with Crippen LogP contribution >= 0.6 is 11.6 Å². The summed E-state index contributed by atoms with van der Waals surface area (Å²) in [5, 5.41) is 0.838. The first-order valence-corrected chi connectivity index (χ1v) is 11.5. The van der Waals surface area contributed by atoms with Gasteiger partial charge in [-0.05, 0) is 29.8 Å². The predicted octanol–water partition coefficient (Wildman–Crippen LogP) is 5.53. The normalized spacial score (nSPS) is 13.3. The molecule has 1 aromatic heterocycles. The van der Waals surface area contributed by atoms with Gasteiger partial charge in [0.1, 0.15) is 0 Å². The van der Waals surface area contributed by atoms with Gasteiger partial charge >= 0.3 is 0 Å². The van der Waals surface area contributed by atoms with Crippen LogP contribution in [0.5, 0.6) is 0 Å². The standard InChI is InChI=1S/C19H27ClN2OSi/c1-19(2,3)24(4,5)23-12-11-17(20)18-14-22(15-21-18)13-16-9-7-6-8-10-16/h6-11,14-15H,12-13H2,1-5H3/b17-11-. The van der Waals surface area contributed by atoms with Crippen molar-refractivity contribution in [2.45, 2.75) is 45.4 Å². The molecule has 2 aromatic rings. The number of hydrogen-bond donors (Lipinski definition) is 0. The summed E-state index contributed by atoms with van der Waals surface area (Å²) in [6.07, 6.45) is 5.70. The number of benzene rings is 1. The van der Waals surface area contributed by atoms with Gasteiger partial charge in [0.25, 0.3) is 0 Å². The Bertz CT molecular complexity index is 687. The van der Waals surface area contributed by atoms with Crippen LogP contribution in [0, 0.1) is 0 Å². The fourth-order valence-corrected chi connectivity index (χ4v) is 3.10. The lowest BCUT2D eigenvalue weighted by molar-refractivity contribution is 0.328. The highest BCUT2D eigenvalue weighted by molar-refractivity contribution is 6.74. The molecule has 0 unspecified atom stereocenters. The molecule has 0 aliphatic rings. The van der Waals surface area contributed by atoms with E-state index in [2.05, 4.69) is 51.0 Å². The molecule has 0 amide bonds. The summed E-state index contributed by atoms with van der Waals surface area (Å²) in [5.74, 6) is 0. The smallest absolute Gasteiger partial charge is 0.192 e. The second-order valence-electron chi connectivity index (χ2n) is 7.54. The molecule has 130 valence electrons. The van der Waals surface area contributed by atoms with Crippen LogP contribution in [-0.2, 0) is 11.0 Å². The van der Waals surface area contributed by atoms with Gasteiger partial charge in [-0.15, -0.1) is 0 Å². The monoisotopic (exact) mass is 362 g/mol. The fourth-order valence-electron chi connectivity index (χ4n) is 2.01. The van der Waals surface area contributed by atoms with Gasteiger partial charge in [-0.25, -0.2) is 4.98 Å². The van der Waals surface area contributed by atoms with Crippen LogP contribution in [0.15, 0.2) is 48.9 Å². The van der Waals surface area contributed by atoms with Crippen molar-refractivity contribution >= 4 is 25.0 Å². The van der Waals surface area contributed by atoms with E-state index in [-0.39, 0.29) is 5.04 Å². The summed E-state index contributed by atoms with van der Waals surface area (Å²) in [4.78, 5) is 4.39. The largest absolute Gasteiger partial charge is 0.413 e. The fraction of sp³-hybridized carbons (Fsp3) is 0.421. The number of halogens is 1. The summed E-state index contributed by atoms with van der Waals surface area (Å²) in [5.41, 5.74) is 2.02. The van der Waals surface area contributed by atoms with Crippen LogP contribution in [0.2, 0.25) is 18.1 Å². The maximum Gasteiger partial charge on any atom is 0.192 e. The summed E-state index contributed by atoms with van der Waals surface area (Å²) in [6, 6.07) is 10.3. The number of nitrogens with zero attached hydrogens (tertiary/aromatic N) is 2. The van der Waals surface area contributed by atoms with E-state index in [4.69, 9.17) is 16.0 Å². The summed E-state index contributed by atoms with van der Waals surface area (Å²) >= 11 is 6.39. The molecule has 24 heavy (non-hydrogen) atoms. The minimum Gasteiger partial charge on any atom is -0.413 e. The molecule has 0 spiro atoms. The Hall–Kier alpha value is -1.36. The van der Waals surface area contributed by atoms with Crippen molar-refractivity contribution < 1.29 is 4.43 Å². The minimum atomic E-state index is -1.75. The Labute approximate surface area is 151 Å². The van der Waals surface area contributed by atoms with Gasteiger partial charge in [0.2, 0.25) is 0 Å². The lowest BCUT2D eigenvalue weighted by atomic mass is 10.2. The zero-order valence-electron chi connectivity index (χ0n) is 15.2. The van der Waals surface area contributed by atoms with E-state index in [1.807, 2.05) is 41.4 Å². The topological polar surface area (TPSA) is 27.1 Å². The molecule has 1 heterocycles. The molecule has 0 saturated heterocycles. The molecule has 0 saturated carbocycles. The molecule has 3 nitrogen and oxygen atoms in total. The second-order valence-corrected chi connectivity index (χ2v) is 12.8. The third kappa shape index (κ3) is 5.07. The molecule has 0 atom stereocenters. The van der Waals surface area contributed by atoms with E-state index in [0.29, 0.717) is 11.6 Å². The van der Waals surface area contributed by atoms with Crippen molar-refractivity contribution in [3.8, 4) is 0 Å². The minimum absolute atomic E-state index is 0.199. The van der Waals surface area contributed by atoms with Gasteiger partial charge in [-0.2, -0.15) is 0 Å². The highest BCUT2D eigenvalue weighted by Crippen LogP contribution is 2.36. The number of rotatable bonds is 6. The van der Waals surface area contributed by atoms with Crippen molar-refractivity contribution in [2.75, 3.05) is 6.61 Å². The highest BCUT2D eigenvalue weighted by Gasteiger charge is 2.36. The van der Waals surface area contributed by atoms with Crippen LogP contribution in [0.1, 0.15) is 32.0 Å². The van der Waals surface area contributed by atoms with Crippen LogP contribution in [0.25, 0.3) is 5.03 Å². The van der Waals surface area contributed by atoms with Crippen LogP contribution in [0.4, 0.5) is 0 Å². The third-order valence-electron chi connectivity index (χ3n) is 4.60. The maximum absolute atomic E-state index is 6.39. The number of imidazole rings is 1. The average molecular weight is 363 g/mol. The van der Waals surface area contributed by atoms with Gasteiger partial charge < -0.3 is 8.99 Å². The van der Waals surface area contributed by atoms with Crippen LogP contribution in [-0.4, -0.2) is 24.5 Å². The van der Waals surface area contributed by atoms with Crippen molar-refractivity contribution in [1.29, 1.82) is 0 Å². The van der Waals surface area contributed by atoms with Crippen LogP contribution < -0.4 is 0 Å². The summed E-state index contributed by atoms with van der Waals surface area (Å²) in [7, 11) is -1.75. The van der Waals surface area contributed by atoms with Crippen molar-refractivity contribution in [3.63, 3.8) is 0 Å². The quantitative estimate of drug-likeness (QED) is 0.631. The molecule has 2 rings (SSSR count). The first kappa shape index (κ1) is 19.0. The van der Waals surface area contributed by atoms with Crippen molar-refractivity contribution in [2.24, 2.45) is 0 Å². The lowest BCUT2D eigenvalue weighted by Crippen LogP contribution is -2.40. The molecular weight excluding hydrogens is 336 g/mol. The third-order valence-corrected chi connectivity index (χ3v) is 9.45. The molecule has 1 aromatic carbocycles. The Morgan fingerprint density at radius 3 is 2.54 bits per heavy atom. The predicted molar refractivity (Wildman–Crippen MR) is 105 cm³/mol. The molecular formula is C19H27ClN2OSi. The molecule has 0 bridgehead atoms. The Morgan fingerprint density at radius 2 is 1.92 bits per heavy atom. The zero-order valence-corrected chi connectivity index (χ0v) is 17.0. The SMILES string of the molecule is CC(C)(C)[Si](C)(C)OC/C=C(\Cl)c1cn(Cc2ccccc2)cn1. The van der Waals surface area contributed by atoms with E-state index in [9.17, 15) is 0 Å². The average Bonchev–Trinajstić information content (AvgIpc) is 2.95. The first-order chi connectivity index (χ1) is 11.2. The molecule has 0 fully saturated rings. The van der Waals surface area contributed by atoms with Gasteiger partial charge in [0.05, 0.1) is 23.7 Å². The summed E-state index contributed by atoms with van der Waals surface area (Å²) in [6.45, 7) is 12.5. The van der Waals surface area contributed by atoms with Gasteiger partial charge in [0, 0.05) is 12.7 Å². The van der Waals surface area contributed by atoms with E-state index < -0.39 is 8.32 Å².